The van der Waals surface area contributed by atoms with Crippen molar-refractivity contribution in [1.82, 2.24) is 10.3 Å². The number of rotatable bonds is 6. The molecule has 0 aliphatic carbocycles. The van der Waals surface area contributed by atoms with E-state index in [1.807, 2.05) is 0 Å². The van der Waals surface area contributed by atoms with E-state index in [9.17, 15) is 22.8 Å². The van der Waals surface area contributed by atoms with Gasteiger partial charge >= 0.3 is 6.18 Å². The summed E-state index contributed by atoms with van der Waals surface area (Å²) in [5, 5.41) is 4.79. The second kappa shape index (κ2) is 7.99. The molecule has 0 aliphatic heterocycles. The molecule has 2 N–H and O–H groups in total. The number of amides is 2. The van der Waals surface area contributed by atoms with Gasteiger partial charge in [0.25, 0.3) is 11.8 Å². The molecule has 0 unspecified atom stereocenters. The van der Waals surface area contributed by atoms with E-state index in [0.29, 0.717) is 18.2 Å². The molecule has 2 aromatic heterocycles. The van der Waals surface area contributed by atoms with Crippen molar-refractivity contribution in [1.29, 1.82) is 0 Å². The fourth-order valence-electron chi connectivity index (χ4n) is 2.37. The van der Waals surface area contributed by atoms with Crippen molar-refractivity contribution in [3.63, 3.8) is 0 Å². The van der Waals surface area contributed by atoms with Gasteiger partial charge in [-0.25, -0.2) is 4.98 Å². The largest absolute Gasteiger partial charge is 0.469 e. The topological polar surface area (TPSA) is 97.4 Å². The van der Waals surface area contributed by atoms with Crippen molar-refractivity contribution in [3.8, 4) is 0 Å². The SMILES string of the molecule is O=C(NCCc1ccco1)c1cc(NC(=O)c2cocn2)cc(C(F)(F)F)c1. The monoisotopic (exact) mass is 393 g/mol. The van der Waals surface area contributed by atoms with Crippen LogP contribution < -0.4 is 10.6 Å². The van der Waals surface area contributed by atoms with Crippen molar-refractivity contribution in [3.05, 3.63) is 71.8 Å². The van der Waals surface area contributed by atoms with E-state index in [1.165, 1.54) is 6.26 Å². The summed E-state index contributed by atoms with van der Waals surface area (Å²) in [5.74, 6) is -0.850. The zero-order chi connectivity index (χ0) is 20.1. The quantitative estimate of drug-likeness (QED) is 0.668. The zero-order valence-electron chi connectivity index (χ0n) is 14.2. The molecule has 0 saturated heterocycles. The Kier molecular flexibility index (Phi) is 5.48. The van der Waals surface area contributed by atoms with Gasteiger partial charge in [-0.15, -0.1) is 0 Å². The molecule has 28 heavy (non-hydrogen) atoms. The van der Waals surface area contributed by atoms with Gasteiger partial charge < -0.3 is 19.5 Å². The molecule has 2 heterocycles. The molecule has 0 radical (unpaired) electrons. The number of alkyl halides is 3. The Morgan fingerprint density at radius 2 is 1.96 bits per heavy atom. The van der Waals surface area contributed by atoms with Gasteiger partial charge in [-0.1, -0.05) is 0 Å². The van der Waals surface area contributed by atoms with E-state index in [-0.39, 0.29) is 23.5 Å². The Morgan fingerprint density at radius 3 is 2.61 bits per heavy atom. The molecule has 2 amide bonds. The van der Waals surface area contributed by atoms with Crippen LogP contribution in [0.2, 0.25) is 0 Å². The van der Waals surface area contributed by atoms with Crippen LogP contribution in [0.1, 0.15) is 32.2 Å². The molecule has 3 aromatic rings. The Labute approximate surface area is 156 Å². The lowest BCUT2D eigenvalue weighted by Gasteiger charge is -2.13. The molecule has 0 spiro atoms. The number of aromatic nitrogens is 1. The summed E-state index contributed by atoms with van der Waals surface area (Å²) in [6.45, 7) is 0.170. The van der Waals surface area contributed by atoms with Gasteiger partial charge in [0.15, 0.2) is 12.1 Å². The predicted molar refractivity (Wildman–Crippen MR) is 90.6 cm³/mol. The van der Waals surface area contributed by atoms with Crippen LogP contribution in [-0.2, 0) is 12.6 Å². The number of carbonyl (C=O) groups excluding carboxylic acids is 2. The molecule has 0 aliphatic rings. The third-order valence-corrected chi connectivity index (χ3v) is 3.68. The zero-order valence-corrected chi connectivity index (χ0v) is 14.2. The fourth-order valence-corrected chi connectivity index (χ4v) is 2.37. The van der Waals surface area contributed by atoms with Gasteiger partial charge in [0.1, 0.15) is 12.0 Å². The van der Waals surface area contributed by atoms with Crippen LogP contribution in [0.3, 0.4) is 0 Å². The Hall–Kier alpha value is -3.56. The fraction of sp³-hybridized carbons (Fsp3) is 0.167. The number of benzene rings is 1. The van der Waals surface area contributed by atoms with E-state index < -0.39 is 23.6 Å². The smallest absolute Gasteiger partial charge is 0.416 e. The third kappa shape index (κ3) is 4.78. The van der Waals surface area contributed by atoms with Crippen LogP contribution in [0.4, 0.5) is 18.9 Å². The maximum absolute atomic E-state index is 13.2. The second-order valence-electron chi connectivity index (χ2n) is 5.71. The lowest BCUT2D eigenvalue weighted by Crippen LogP contribution is -2.26. The number of anilines is 1. The summed E-state index contributed by atoms with van der Waals surface area (Å²) in [6.07, 6.45) is -0.775. The van der Waals surface area contributed by atoms with Gasteiger partial charge in [0.05, 0.1) is 11.8 Å². The number of hydrogen-bond donors (Lipinski definition) is 2. The Bertz CT molecular complexity index is 951. The summed E-state index contributed by atoms with van der Waals surface area (Å²) in [5.41, 5.74) is -1.62. The molecule has 0 atom stereocenters. The molecule has 0 fully saturated rings. The summed E-state index contributed by atoms with van der Waals surface area (Å²) < 4.78 is 49.3. The lowest BCUT2D eigenvalue weighted by molar-refractivity contribution is -0.137. The summed E-state index contributed by atoms with van der Waals surface area (Å²) in [4.78, 5) is 27.9. The van der Waals surface area contributed by atoms with Crippen LogP contribution in [0.15, 0.2) is 58.1 Å². The highest BCUT2D eigenvalue weighted by Crippen LogP contribution is 2.32. The average molecular weight is 393 g/mol. The first-order valence-corrected chi connectivity index (χ1v) is 8.05. The number of furan rings is 1. The molecule has 3 rings (SSSR count). The first-order chi connectivity index (χ1) is 13.3. The summed E-state index contributed by atoms with van der Waals surface area (Å²) >= 11 is 0. The number of nitrogens with zero attached hydrogens (tertiary/aromatic N) is 1. The molecule has 1 aromatic carbocycles. The van der Waals surface area contributed by atoms with Gasteiger partial charge in [-0.3, -0.25) is 9.59 Å². The van der Waals surface area contributed by atoms with E-state index in [2.05, 4.69) is 20.0 Å². The number of halogens is 3. The third-order valence-electron chi connectivity index (χ3n) is 3.68. The van der Waals surface area contributed by atoms with Gasteiger partial charge in [-0.05, 0) is 30.3 Å². The molecule has 146 valence electrons. The van der Waals surface area contributed by atoms with Gasteiger partial charge in [0, 0.05) is 24.2 Å². The van der Waals surface area contributed by atoms with Crippen molar-refractivity contribution >= 4 is 17.5 Å². The maximum atomic E-state index is 13.2. The second-order valence-corrected chi connectivity index (χ2v) is 5.71. The van der Waals surface area contributed by atoms with Crippen LogP contribution in [0.25, 0.3) is 0 Å². The number of hydrogen-bond acceptors (Lipinski definition) is 5. The van der Waals surface area contributed by atoms with Crippen LogP contribution in [-0.4, -0.2) is 23.3 Å². The maximum Gasteiger partial charge on any atom is 0.416 e. The number of oxazole rings is 1. The normalized spacial score (nSPS) is 11.2. The average Bonchev–Trinajstić information content (AvgIpc) is 3.34. The molecule has 0 saturated carbocycles. The van der Waals surface area contributed by atoms with E-state index in [4.69, 9.17) is 4.42 Å². The summed E-state index contributed by atoms with van der Waals surface area (Å²) in [7, 11) is 0. The molecule has 0 bridgehead atoms. The molecular formula is C18H14F3N3O4. The van der Waals surface area contributed by atoms with Gasteiger partial charge in [0.2, 0.25) is 0 Å². The highest BCUT2D eigenvalue weighted by Gasteiger charge is 2.32. The minimum absolute atomic E-state index is 0.109. The van der Waals surface area contributed by atoms with E-state index in [1.54, 1.807) is 12.1 Å². The lowest BCUT2D eigenvalue weighted by atomic mass is 10.1. The van der Waals surface area contributed by atoms with Crippen LogP contribution >= 0.6 is 0 Å². The van der Waals surface area contributed by atoms with Crippen LogP contribution in [0.5, 0.6) is 0 Å². The highest BCUT2D eigenvalue weighted by molar-refractivity contribution is 6.03. The first kappa shape index (κ1) is 19.2. The number of nitrogens with one attached hydrogen (secondary N) is 2. The van der Waals surface area contributed by atoms with E-state index in [0.717, 1.165) is 24.8 Å². The standard InChI is InChI=1S/C18H14F3N3O4/c19-18(20,21)12-6-11(16(25)22-4-3-14-2-1-5-28-14)7-13(8-12)24-17(26)15-9-27-10-23-15/h1-2,5-10H,3-4H2,(H,22,25)(H,24,26). The minimum atomic E-state index is -4.70. The highest BCUT2D eigenvalue weighted by atomic mass is 19.4. The molecule has 7 nitrogen and oxygen atoms in total. The Morgan fingerprint density at radius 1 is 1.14 bits per heavy atom. The number of carbonyl (C=O) groups is 2. The van der Waals surface area contributed by atoms with Crippen molar-refractivity contribution < 1.29 is 31.6 Å². The van der Waals surface area contributed by atoms with Crippen LogP contribution in [0, 0.1) is 0 Å². The molecule has 10 heteroatoms. The van der Waals surface area contributed by atoms with Gasteiger partial charge in [-0.2, -0.15) is 13.2 Å². The van der Waals surface area contributed by atoms with Crippen molar-refractivity contribution in [2.75, 3.05) is 11.9 Å². The molecular weight excluding hydrogens is 379 g/mol. The summed E-state index contributed by atoms with van der Waals surface area (Å²) in [6, 6.07) is 6.00. The Balaban J connectivity index is 1.77. The first-order valence-electron chi connectivity index (χ1n) is 8.05. The van der Waals surface area contributed by atoms with Crippen molar-refractivity contribution in [2.24, 2.45) is 0 Å². The van der Waals surface area contributed by atoms with Crippen molar-refractivity contribution in [2.45, 2.75) is 12.6 Å². The predicted octanol–water partition coefficient (Wildman–Crippen LogP) is 3.51. The minimum Gasteiger partial charge on any atom is -0.469 e. The van der Waals surface area contributed by atoms with E-state index >= 15 is 0 Å².